The largest absolute Gasteiger partial charge is 0.480 e. The van der Waals surface area contributed by atoms with Crippen molar-refractivity contribution < 1.29 is 9.53 Å². The van der Waals surface area contributed by atoms with Crippen LogP contribution in [0.3, 0.4) is 0 Å². The first-order chi connectivity index (χ1) is 12.0. The van der Waals surface area contributed by atoms with Crippen LogP contribution in [0, 0.1) is 20.8 Å². The van der Waals surface area contributed by atoms with E-state index in [2.05, 4.69) is 49.5 Å². The molecule has 0 aromatic heterocycles. The van der Waals surface area contributed by atoms with Crippen LogP contribution in [-0.4, -0.2) is 18.6 Å². The Kier molecular flexibility index (Phi) is 7.05. The highest BCUT2D eigenvalue weighted by molar-refractivity contribution is 5.81. The van der Waals surface area contributed by atoms with Gasteiger partial charge < -0.3 is 10.1 Å². The normalized spacial score (nSPS) is 11.8. The van der Waals surface area contributed by atoms with Gasteiger partial charge in [0.1, 0.15) is 5.75 Å². The van der Waals surface area contributed by atoms with Gasteiger partial charge >= 0.3 is 0 Å². The number of ether oxygens (including phenoxy) is 1. The predicted molar refractivity (Wildman–Crippen MR) is 103 cm³/mol. The van der Waals surface area contributed by atoms with Gasteiger partial charge in [0.05, 0.1) is 0 Å². The van der Waals surface area contributed by atoms with E-state index < -0.39 is 6.10 Å². The molecule has 2 aromatic carbocycles. The molecule has 0 fully saturated rings. The third kappa shape index (κ3) is 5.93. The lowest BCUT2D eigenvalue weighted by Crippen LogP contribution is -2.38. The van der Waals surface area contributed by atoms with Crippen molar-refractivity contribution in [2.75, 3.05) is 6.54 Å². The first-order valence-electron chi connectivity index (χ1n) is 9.06. The quantitative estimate of drug-likeness (QED) is 0.718. The highest BCUT2D eigenvalue weighted by Crippen LogP contribution is 2.20. The van der Waals surface area contributed by atoms with E-state index >= 15 is 0 Å². The molecular weight excluding hydrogens is 310 g/mol. The summed E-state index contributed by atoms with van der Waals surface area (Å²) in [7, 11) is 0. The fourth-order valence-corrected chi connectivity index (χ4v) is 2.78. The van der Waals surface area contributed by atoms with Gasteiger partial charge in [0.15, 0.2) is 6.10 Å². The number of benzene rings is 2. The minimum Gasteiger partial charge on any atom is -0.480 e. The zero-order valence-corrected chi connectivity index (χ0v) is 15.8. The van der Waals surface area contributed by atoms with Crippen molar-refractivity contribution >= 4 is 5.91 Å². The summed E-state index contributed by atoms with van der Waals surface area (Å²) in [6.07, 6.45) is 2.10. The molecular formula is C22H29NO2. The first-order valence-corrected chi connectivity index (χ1v) is 9.06. The van der Waals surface area contributed by atoms with Crippen molar-refractivity contribution in [1.29, 1.82) is 0 Å². The summed E-state index contributed by atoms with van der Waals surface area (Å²) in [6, 6.07) is 14.6. The Labute approximate surface area is 151 Å². The lowest BCUT2D eigenvalue weighted by atomic mass is 10.1. The Balaban J connectivity index is 1.80. The number of hydrogen-bond donors (Lipinski definition) is 1. The van der Waals surface area contributed by atoms with Crippen LogP contribution in [0.4, 0.5) is 0 Å². The summed E-state index contributed by atoms with van der Waals surface area (Å²) in [5, 5.41) is 3.00. The fraction of sp³-hybridized carbons (Fsp3) is 0.409. The summed E-state index contributed by atoms with van der Waals surface area (Å²) < 4.78 is 5.93. The molecule has 0 saturated heterocycles. The lowest BCUT2D eigenvalue weighted by molar-refractivity contribution is -0.128. The van der Waals surface area contributed by atoms with Gasteiger partial charge in [0.2, 0.25) is 0 Å². The standard InChI is InChI=1S/C22H29NO2/c1-5-20(25-21-13-10-17(3)15-18(21)4)22(24)23-14-6-7-19-11-8-16(2)9-12-19/h8-13,15,20H,5-7,14H2,1-4H3,(H,23,24). The number of amides is 1. The molecule has 0 bridgehead atoms. The SMILES string of the molecule is CCC(Oc1ccc(C)cc1C)C(=O)NCCCc1ccc(C)cc1. The topological polar surface area (TPSA) is 38.3 Å². The summed E-state index contributed by atoms with van der Waals surface area (Å²) in [5.41, 5.74) is 4.83. The third-order valence-corrected chi connectivity index (χ3v) is 4.32. The van der Waals surface area contributed by atoms with Gasteiger partial charge in [0.25, 0.3) is 5.91 Å². The summed E-state index contributed by atoms with van der Waals surface area (Å²) in [5.74, 6) is 0.749. The second-order valence-electron chi connectivity index (χ2n) is 6.66. The monoisotopic (exact) mass is 339 g/mol. The Morgan fingerprint density at radius 1 is 1.04 bits per heavy atom. The van der Waals surface area contributed by atoms with Crippen LogP contribution in [0.5, 0.6) is 5.75 Å². The maximum absolute atomic E-state index is 12.4. The molecule has 0 aliphatic carbocycles. The van der Waals surface area contributed by atoms with Crippen molar-refractivity contribution in [3.05, 3.63) is 64.7 Å². The summed E-state index contributed by atoms with van der Waals surface area (Å²) in [4.78, 5) is 12.4. The Hall–Kier alpha value is -2.29. The van der Waals surface area contributed by atoms with Gasteiger partial charge in [-0.3, -0.25) is 4.79 Å². The molecule has 134 valence electrons. The van der Waals surface area contributed by atoms with Crippen LogP contribution in [0.2, 0.25) is 0 Å². The van der Waals surface area contributed by atoms with Crippen LogP contribution in [0.1, 0.15) is 42.0 Å². The van der Waals surface area contributed by atoms with Crippen LogP contribution >= 0.6 is 0 Å². The molecule has 0 aliphatic rings. The van der Waals surface area contributed by atoms with E-state index in [0.29, 0.717) is 13.0 Å². The average molecular weight is 339 g/mol. The molecule has 1 N–H and O–H groups in total. The molecule has 0 aliphatic heterocycles. The van der Waals surface area contributed by atoms with Gasteiger partial charge in [-0.15, -0.1) is 0 Å². The fourth-order valence-electron chi connectivity index (χ4n) is 2.78. The van der Waals surface area contributed by atoms with E-state index in [4.69, 9.17) is 4.74 Å². The molecule has 0 heterocycles. The molecule has 2 rings (SSSR count). The smallest absolute Gasteiger partial charge is 0.261 e. The molecule has 2 aromatic rings. The second-order valence-corrected chi connectivity index (χ2v) is 6.66. The summed E-state index contributed by atoms with van der Waals surface area (Å²) in [6.45, 7) is 8.79. The number of hydrogen-bond acceptors (Lipinski definition) is 2. The third-order valence-electron chi connectivity index (χ3n) is 4.32. The first kappa shape index (κ1) is 19.0. The van der Waals surface area contributed by atoms with E-state index in [-0.39, 0.29) is 5.91 Å². The average Bonchev–Trinajstić information content (AvgIpc) is 2.59. The molecule has 1 atom stereocenters. The van der Waals surface area contributed by atoms with Crippen LogP contribution in [-0.2, 0) is 11.2 Å². The number of rotatable bonds is 8. The number of nitrogens with one attached hydrogen (secondary N) is 1. The van der Waals surface area contributed by atoms with Crippen molar-refractivity contribution in [2.45, 2.75) is 53.1 Å². The summed E-state index contributed by atoms with van der Waals surface area (Å²) >= 11 is 0. The Morgan fingerprint density at radius 3 is 2.36 bits per heavy atom. The van der Waals surface area contributed by atoms with Crippen LogP contribution < -0.4 is 10.1 Å². The minimum absolute atomic E-state index is 0.0358. The molecule has 3 nitrogen and oxygen atoms in total. The minimum atomic E-state index is -0.444. The van der Waals surface area contributed by atoms with E-state index in [9.17, 15) is 4.79 Å². The second kappa shape index (κ2) is 9.26. The van der Waals surface area contributed by atoms with Crippen LogP contribution in [0.15, 0.2) is 42.5 Å². The number of aryl methyl sites for hydroxylation is 4. The van der Waals surface area contributed by atoms with Crippen molar-refractivity contribution in [2.24, 2.45) is 0 Å². The van der Waals surface area contributed by atoms with Gasteiger partial charge in [0, 0.05) is 6.54 Å². The maximum Gasteiger partial charge on any atom is 0.261 e. The van der Waals surface area contributed by atoms with Crippen molar-refractivity contribution in [3.8, 4) is 5.75 Å². The van der Waals surface area contributed by atoms with Gasteiger partial charge in [-0.05, 0) is 57.2 Å². The maximum atomic E-state index is 12.4. The van der Waals surface area contributed by atoms with Gasteiger partial charge in [-0.25, -0.2) is 0 Å². The van der Waals surface area contributed by atoms with Crippen LogP contribution in [0.25, 0.3) is 0 Å². The van der Waals surface area contributed by atoms with E-state index in [0.717, 1.165) is 24.2 Å². The van der Waals surface area contributed by atoms with Crippen molar-refractivity contribution in [3.63, 3.8) is 0 Å². The number of carbonyl (C=O) groups is 1. The predicted octanol–water partition coefficient (Wildman–Crippen LogP) is 4.52. The molecule has 0 spiro atoms. The van der Waals surface area contributed by atoms with Crippen molar-refractivity contribution in [1.82, 2.24) is 5.32 Å². The zero-order chi connectivity index (χ0) is 18.2. The molecule has 25 heavy (non-hydrogen) atoms. The molecule has 0 radical (unpaired) electrons. The molecule has 1 unspecified atom stereocenters. The highest BCUT2D eigenvalue weighted by atomic mass is 16.5. The van der Waals surface area contributed by atoms with E-state index in [1.165, 1.54) is 16.7 Å². The van der Waals surface area contributed by atoms with E-state index in [1.54, 1.807) is 0 Å². The zero-order valence-electron chi connectivity index (χ0n) is 15.8. The Morgan fingerprint density at radius 2 is 1.72 bits per heavy atom. The van der Waals surface area contributed by atoms with Gasteiger partial charge in [-0.1, -0.05) is 54.4 Å². The lowest BCUT2D eigenvalue weighted by Gasteiger charge is -2.19. The van der Waals surface area contributed by atoms with Gasteiger partial charge in [-0.2, -0.15) is 0 Å². The highest BCUT2D eigenvalue weighted by Gasteiger charge is 2.18. The Bertz CT molecular complexity index is 692. The van der Waals surface area contributed by atoms with E-state index in [1.807, 2.05) is 26.0 Å². The molecule has 3 heteroatoms. The molecule has 1 amide bonds. The number of carbonyl (C=O) groups excluding carboxylic acids is 1. The molecule has 0 saturated carbocycles.